The van der Waals surface area contributed by atoms with Crippen LogP contribution < -0.4 is 11.3 Å². The first-order valence-electron chi connectivity index (χ1n) is 5.51. The molecule has 0 saturated carbocycles. The number of carbonyl (C=O) groups is 1. The van der Waals surface area contributed by atoms with Crippen molar-refractivity contribution in [1.82, 2.24) is 10.3 Å². The fourth-order valence-electron chi connectivity index (χ4n) is 2.13. The highest BCUT2D eigenvalue weighted by Gasteiger charge is 2.20. The molecule has 82 valence electrons. The van der Waals surface area contributed by atoms with Gasteiger partial charge in [-0.1, -0.05) is 13.3 Å². The predicted molar refractivity (Wildman–Crippen MR) is 56.5 cm³/mol. The topological polar surface area (TPSA) is 58.4 Å². The zero-order valence-electron chi connectivity index (χ0n) is 8.96. The number of nitrogens with zero attached hydrogens (tertiary/aromatic N) is 1. The van der Waals surface area contributed by atoms with Crippen molar-refractivity contribution in [2.24, 2.45) is 5.84 Å². The second-order valence-corrected chi connectivity index (χ2v) is 3.91. The van der Waals surface area contributed by atoms with Crippen LogP contribution in [0, 0.1) is 0 Å². The number of carbonyl (C=O) groups excluding carboxylic acids is 1. The summed E-state index contributed by atoms with van der Waals surface area (Å²) in [5.74, 6) is 4.97. The van der Waals surface area contributed by atoms with E-state index in [4.69, 9.17) is 5.84 Å². The standard InChI is InChI=1S/C10H21N3O/c1-2-9-5-3-4-7-13(9)8-6-10(14)12-11/h9H,2-8,11H2,1H3,(H,12,14). The number of likely N-dealkylation sites (tertiary alicyclic amines) is 1. The smallest absolute Gasteiger partial charge is 0.235 e. The van der Waals surface area contributed by atoms with Crippen molar-refractivity contribution in [3.63, 3.8) is 0 Å². The zero-order chi connectivity index (χ0) is 10.4. The molecule has 0 aromatic rings. The summed E-state index contributed by atoms with van der Waals surface area (Å²) in [7, 11) is 0. The molecule has 0 aliphatic carbocycles. The number of hydrazine groups is 1. The molecule has 0 bridgehead atoms. The van der Waals surface area contributed by atoms with E-state index in [1.165, 1.54) is 25.7 Å². The zero-order valence-corrected chi connectivity index (χ0v) is 8.96. The van der Waals surface area contributed by atoms with Gasteiger partial charge in [-0.05, 0) is 25.8 Å². The van der Waals surface area contributed by atoms with Gasteiger partial charge < -0.3 is 0 Å². The van der Waals surface area contributed by atoms with Crippen molar-refractivity contribution in [3.8, 4) is 0 Å². The molecule has 4 heteroatoms. The van der Waals surface area contributed by atoms with Gasteiger partial charge in [0.05, 0.1) is 0 Å². The number of hydrogen-bond donors (Lipinski definition) is 2. The third kappa shape index (κ3) is 3.27. The average molecular weight is 199 g/mol. The van der Waals surface area contributed by atoms with Crippen molar-refractivity contribution in [2.75, 3.05) is 13.1 Å². The summed E-state index contributed by atoms with van der Waals surface area (Å²) in [6.45, 7) is 4.20. The Hall–Kier alpha value is -0.610. The highest BCUT2D eigenvalue weighted by molar-refractivity contribution is 5.75. The average Bonchev–Trinajstić information content (AvgIpc) is 2.26. The summed E-state index contributed by atoms with van der Waals surface area (Å²) in [6, 6.07) is 0.675. The monoisotopic (exact) mass is 199 g/mol. The van der Waals surface area contributed by atoms with Gasteiger partial charge >= 0.3 is 0 Å². The number of piperidine rings is 1. The second kappa shape index (κ2) is 5.98. The van der Waals surface area contributed by atoms with E-state index in [1.54, 1.807) is 0 Å². The maximum absolute atomic E-state index is 11.0. The molecular weight excluding hydrogens is 178 g/mol. The Bertz CT molecular complexity index is 184. The molecule has 0 aromatic carbocycles. The van der Waals surface area contributed by atoms with Crippen LogP contribution in [0.1, 0.15) is 39.0 Å². The van der Waals surface area contributed by atoms with Gasteiger partial charge in [-0.3, -0.25) is 15.1 Å². The Morgan fingerprint density at radius 3 is 3.00 bits per heavy atom. The summed E-state index contributed by atoms with van der Waals surface area (Å²) in [5.41, 5.74) is 2.17. The maximum Gasteiger partial charge on any atom is 0.235 e. The Morgan fingerprint density at radius 2 is 2.36 bits per heavy atom. The van der Waals surface area contributed by atoms with E-state index in [2.05, 4.69) is 17.2 Å². The molecular formula is C10H21N3O. The number of amides is 1. The van der Waals surface area contributed by atoms with Crippen molar-refractivity contribution >= 4 is 5.91 Å². The lowest BCUT2D eigenvalue weighted by molar-refractivity contribution is -0.121. The first kappa shape index (κ1) is 11.5. The Labute approximate surface area is 85.8 Å². The molecule has 1 atom stereocenters. The molecule has 1 heterocycles. The van der Waals surface area contributed by atoms with E-state index in [0.29, 0.717) is 12.5 Å². The highest BCUT2D eigenvalue weighted by Crippen LogP contribution is 2.19. The quantitative estimate of drug-likeness (QED) is 0.397. The minimum atomic E-state index is -0.0644. The number of nitrogens with two attached hydrogens (primary N) is 1. The summed E-state index contributed by atoms with van der Waals surface area (Å²) >= 11 is 0. The second-order valence-electron chi connectivity index (χ2n) is 3.91. The number of nitrogens with one attached hydrogen (secondary N) is 1. The number of rotatable bonds is 4. The molecule has 0 radical (unpaired) electrons. The lowest BCUT2D eigenvalue weighted by atomic mass is 10.00. The van der Waals surface area contributed by atoms with E-state index in [9.17, 15) is 4.79 Å². The van der Waals surface area contributed by atoms with Gasteiger partial charge in [0.1, 0.15) is 0 Å². The minimum Gasteiger partial charge on any atom is -0.300 e. The molecule has 0 spiro atoms. The van der Waals surface area contributed by atoms with Crippen LogP contribution in [0.25, 0.3) is 0 Å². The molecule has 1 fully saturated rings. The highest BCUT2D eigenvalue weighted by atomic mass is 16.2. The first-order valence-corrected chi connectivity index (χ1v) is 5.51. The fourth-order valence-corrected chi connectivity index (χ4v) is 2.13. The van der Waals surface area contributed by atoms with Crippen molar-refractivity contribution in [2.45, 2.75) is 45.1 Å². The van der Waals surface area contributed by atoms with E-state index < -0.39 is 0 Å². The summed E-state index contributed by atoms with van der Waals surface area (Å²) in [6.07, 6.45) is 5.58. The third-order valence-corrected chi connectivity index (χ3v) is 3.01. The molecule has 1 rings (SSSR count). The number of hydrogen-bond acceptors (Lipinski definition) is 3. The molecule has 3 N–H and O–H groups in total. The molecule has 4 nitrogen and oxygen atoms in total. The van der Waals surface area contributed by atoms with Crippen LogP contribution in [0.2, 0.25) is 0 Å². The van der Waals surface area contributed by atoms with Gasteiger partial charge in [0, 0.05) is 19.0 Å². The lowest BCUT2D eigenvalue weighted by Gasteiger charge is -2.34. The molecule has 1 unspecified atom stereocenters. The molecule has 1 saturated heterocycles. The first-order chi connectivity index (χ1) is 6.77. The van der Waals surface area contributed by atoms with E-state index in [0.717, 1.165) is 13.1 Å². The fraction of sp³-hybridized carbons (Fsp3) is 0.900. The molecule has 1 aliphatic rings. The van der Waals surface area contributed by atoms with Crippen LogP contribution in [0.15, 0.2) is 0 Å². The van der Waals surface area contributed by atoms with Gasteiger partial charge in [-0.15, -0.1) is 0 Å². The molecule has 1 amide bonds. The lowest BCUT2D eigenvalue weighted by Crippen LogP contribution is -2.42. The maximum atomic E-state index is 11.0. The SMILES string of the molecule is CCC1CCCCN1CCC(=O)NN. The van der Waals surface area contributed by atoms with Crippen LogP contribution in [0.4, 0.5) is 0 Å². The summed E-state index contributed by atoms with van der Waals surface area (Å²) in [4.78, 5) is 13.4. The van der Waals surface area contributed by atoms with Crippen LogP contribution in [-0.4, -0.2) is 29.9 Å². The molecule has 1 aliphatic heterocycles. The Morgan fingerprint density at radius 1 is 1.57 bits per heavy atom. The summed E-state index contributed by atoms with van der Waals surface area (Å²) in [5, 5.41) is 0. The van der Waals surface area contributed by atoms with Gasteiger partial charge in [0.2, 0.25) is 5.91 Å². The normalized spacial score (nSPS) is 23.4. The van der Waals surface area contributed by atoms with Crippen LogP contribution in [-0.2, 0) is 4.79 Å². The molecule has 0 aromatic heterocycles. The van der Waals surface area contributed by atoms with Crippen molar-refractivity contribution in [1.29, 1.82) is 0 Å². The van der Waals surface area contributed by atoms with Gasteiger partial charge in [0.25, 0.3) is 0 Å². The van der Waals surface area contributed by atoms with Gasteiger partial charge in [-0.25, -0.2) is 5.84 Å². The van der Waals surface area contributed by atoms with E-state index in [1.807, 2.05) is 0 Å². The van der Waals surface area contributed by atoms with Gasteiger partial charge in [-0.2, -0.15) is 0 Å². The summed E-state index contributed by atoms with van der Waals surface area (Å²) < 4.78 is 0. The third-order valence-electron chi connectivity index (χ3n) is 3.01. The Kier molecular flexibility index (Phi) is 4.90. The molecule has 14 heavy (non-hydrogen) atoms. The van der Waals surface area contributed by atoms with E-state index >= 15 is 0 Å². The van der Waals surface area contributed by atoms with Crippen molar-refractivity contribution < 1.29 is 4.79 Å². The minimum absolute atomic E-state index is 0.0644. The van der Waals surface area contributed by atoms with E-state index in [-0.39, 0.29) is 5.91 Å². The van der Waals surface area contributed by atoms with Crippen LogP contribution in [0.3, 0.4) is 0 Å². The van der Waals surface area contributed by atoms with Crippen molar-refractivity contribution in [3.05, 3.63) is 0 Å². The van der Waals surface area contributed by atoms with Crippen LogP contribution in [0.5, 0.6) is 0 Å². The Balaban J connectivity index is 2.29. The van der Waals surface area contributed by atoms with Gasteiger partial charge in [0.15, 0.2) is 0 Å². The predicted octanol–water partition coefficient (Wildman–Crippen LogP) is 0.631. The largest absolute Gasteiger partial charge is 0.300 e. The van der Waals surface area contributed by atoms with Crippen LogP contribution >= 0.6 is 0 Å².